The monoisotopic (exact) mass is 269 g/mol. The first-order valence-electron chi connectivity index (χ1n) is 4.96. The lowest BCUT2D eigenvalue weighted by Crippen LogP contribution is -2.28. The van der Waals surface area contributed by atoms with E-state index in [-0.39, 0.29) is 6.09 Å². The Hall–Kier alpha value is -1.03. The Kier molecular flexibility index (Phi) is 3.26. The molecule has 1 amide bonds. The van der Waals surface area contributed by atoms with Crippen LogP contribution in [-0.2, 0) is 0 Å². The standard InChI is InChI=1S/C11H12BrNO2/c12-9-3-1-2-4-10(9)15-11(14)13-7-8-5-6-8/h1-4,8H,5-7H2,(H,13,14). The van der Waals surface area contributed by atoms with Gasteiger partial charge in [0, 0.05) is 6.54 Å². The van der Waals surface area contributed by atoms with Gasteiger partial charge < -0.3 is 10.1 Å². The van der Waals surface area contributed by atoms with Crippen LogP contribution in [0.2, 0.25) is 0 Å². The number of ether oxygens (including phenoxy) is 1. The van der Waals surface area contributed by atoms with Crippen molar-refractivity contribution in [2.75, 3.05) is 6.54 Å². The summed E-state index contributed by atoms with van der Waals surface area (Å²) in [5.41, 5.74) is 0. The lowest BCUT2D eigenvalue weighted by atomic mass is 10.3. The van der Waals surface area contributed by atoms with Crippen molar-refractivity contribution in [3.8, 4) is 5.75 Å². The van der Waals surface area contributed by atoms with E-state index in [9.17, 15) is 4.79 Å². The number of halogens is 1. The van der Waals surface area contributed by atoms with Crippen molar-refractivity contribution in [1.82, 2.24) is 5.32 Å². The number of hydrogen-bond donors (Lipinski definition) is 1. The highest BCUT2D eigenvalue weighted by atomic mass is 79.9. The van der Waals surface area contributed by atoms with Gasteiger partial charge in [0.2, 0.25) is 0 Å². The van der Waals surface area contributed by atoms with E-state index in [1.807, 2.05) is 18.2 Å². The third kappa shape index (κ3) is 3.23. The summed E-state index contributed by atoms with van der Waals surface area (Å²) in [6.45, 7) is 0.725. The van der Waals surface area contributed by atoms with E-state index >= 15 is 0 Å². The molecule has 1 aliphatic carbocycles. The average Bonchev–Trinajstić information content (AvgIpc) is 3.02. The molecule has 80 valence electrons. The molecule has 0 saturated heterocycles. The molecule has 3 nitrogen and oxygen atoms in total. The Morgan fingerprint density at radius 2 is 2.20 bits per heavy atom. The molecule has 0 heterocycles. The second-order valence-corrected chi connectivity index (χ2v) is 4.50. The molecule has 2 rings (SSSR count). The van der Waals surface area contributed by atoms with Crippen molar-refractivity contribution >= 4 is 22.0 Å². The lowest BCUT2D eigenvalue weighted by molar-refractivity contribution is 0.199. The maximum Gasteiger partial charge on any atom is 0.412 e. The van der Waals surface area contributed by atoms with Gasteiger partial charge >= 0.3 is 6.09 Å². The number of carbonyl (C=O) groups excluding carboxylic acids is 1. The van der Waals surface area contributed by atoms with E-state index in [4.69, 9.17) is 4.74 Å². The van der Waals surface area contributed by atoms with Crippen molar-refractivity contribution in [1.29, 1.82) is 0 Å². The minimum Gasteiger partial charge on any atom is -0.409 e. The molecule has 0 radical (unpaired) electrons. The zero-order valence-corrected chi connectivity index (χ0v) is 9.79. The predicted octanol–water partition coefficient (Wildman–Crippen LogP) is 2.95. The fourth-order valence-electron chi connectivity index (χ4n) is 1.21. The quantitative estimate of drug-likeness (QED) is 0.917. The Bertz CT molecular complexity index is 363. The number of carbonyl (C=O) groups is 1. The van der Waals surface area contributed by atoms with Crippen LogP contribution >= 0.6 is 15.9 Å². The van der Waals surface area contributed by atoms with Crippen LogP contribution in [0.1, 0.15) is 12.8 Å². The van der Waals surface area contributed by atoms with Crippen LogP contribution < -0.4 is 10.1 Å². The second-order valence-electron chi connectivity index (χ2n) is 3.64. The third-order valence-corrected chi connectivity index (χ3v) is 2.93. The van der Waals surface area contributed by atoms with Crippen molar-refractivity contribution in [2.24, 2.45) is 5.92 Å². The van der Waals surface area contributed by atoms with Crippen LogP contribution in [0.25, 0.3) is 0 Å². The molecule has 1 aromatic carbocycles. The van der Waals surface area contributed by atoms with Gasteiger partial charge in [-0.1, -0.05) is 12.1 Å². The first-order valence-corrected chi connectivity index (χ1v) is 5.75. The van der Waals surface area contributed by atoms with Gasteiger partial charge in [-0.25, -0.2) is 4.79 Å². The van der Waals surface area contributed by atoms with E-state index in [0.717, 1.165) is 11.0 Å². The molecule has 1 saturated carbocycles. The number of amides is 1. The highest BCUT2D eigenvalue weighted by Gasteiger charge is 2.22. The molecule has 0 atom stereocenters. The first kappa shape index (κ1) is 10.5. The van der Waals surface area contributed by atoms with Crippen LogP contribution in [0.4, 0.5) is 4.79 Å². The van der Waals surface area contributed by atoms with Crippen molar-refractivity contribution in [2.45, 2.75) is 12.8 Å². The number of nitrogens with one attached hydrogen (secondary N) is 1. The summed E-state index contributed by atoms with van der Waals surface area (Å²) in [6.07, 6.45) is 2.05. The molecule has 0 spiro atoms. The molecule has 0 aromatic heterocycles. The zero-order chi connectivity index (χ0) is 10.7. The van der Waals surface area contributed by atoms with E-state index in [2.05, 4.69) is 21.2 Å². The van der Waals surface area contributed by atoms with E-state index in [0.29, 0.717) is 11.7 Å². The van der Waals surface area contributed by atoms with Crippen LogP contribution in [-0.4, -0.2) is 12.6 Å². The van der Waals surface area contributed by atoms with Gasteiger partial charge in [-0.05, 0) is 46.8 Å². The van der Waals surface area contributed by atoms with Crippen molar-refractivity contribution in [3.05, 3.63) is 28.7 Å². The molecule has 1 aromatic rings. The van der Waals surface area contributed by atoms with E-state index in [1.54, 1.807) is 6.07 Å². The Labute approximate surface area is 96.9 Å². The summed E-state index contributed by atoms with van der Waals surface area (Å²) >= 11 is 3.31. The minimum absolute atomic E-state index is 0.381. The number of hydrogen-bond acceptors (Lipinski definition) is 2. The smallest absolute Gasteiger partial charge is 0.409 e. The summed E-state index contributed by atoms with van der Waals surface area (Å²) in [5.74, 6) is 1.21. The molecule has 0 unspecified atom stereocenters. The largest absolute Gasteiger partial charge is 0.412 e. The minimum atomic E-state index is -0.381. The fourth-order valence-corrected chi connectivity index (χ4v) is 1.58. The Balaban J connectivity index is 1.84. The van der Waals surface area contributed by atoms with E-state index in [1.165, 1.54) is 12.8 Å². The van der Waals surface area contributed by atoms with Gasteiger partial charge in [-0.15, -0.1) is 0 Å². The number of benzene rings is 1. The molecule has 4 heteroatoms. The van der Waals surface area contributed by atoms with Gasteiger partial charge in [0.1, 0.15) is 5.75 Å². The molecule has 15 heavy (non-hydrogen) atoms. The van der Waals surface area contributed by atoms with Gasteiger partial charge in [-0.3, -0.25) is 0 Å². The summed E-state index contributed by atoms with van der Waals surface area (Å²) in [5, 5.41) is 2.74. The zero-order valence-electron chi connectivity index (χ0n) is 8.20. The summed E-state index contributed by atoms with van der Waals surface area (Å²) in [4.78, 5) is 11.3. The number of para-hydroxylation sites is 1. The molecule has 0 aliphatic heterocycles. The van der Waals surface area contributed by atoms with Crippen LogP contribution in [0.5, 0.6) is 5.75 Å². The van der Waals surface area contributed by atoms with Gasteiger partial charge in [0.05, 0.1) is 4.47 Å². The molecule has 1 aliphatic rings. The topological polar surface area (TPSA) is 38.3 Å². The van der Waals surface area contributed by atoms with Gasteiger partial charge in [-0.2, -0.15) is 0 Å². The molecule has 0 bridgehead atoms. The molecular weight excluding hydrogens is 258 g/mol. The second kappa shape index (κ2) is 4.66. The van der Waals surface area contributed by atoms with Crippen molar-refractivity contribution < 1.29 is 9.53 Å². The van der Waals surface area contributed by atoms with Gasteiger partial charge in [0.15, 0.2) is 0 Å². The maximum absolute atomic E-state index is 11.3. The number of rotatable bonds is 3. The van der Waals surface area contributed by atoms with Crippen molar-refractivity contribution in [3.63, 3.8) is 0 Å². The molecule has 1 fully saturated rings. The highest BCUT2D eigenvalue weighted by molar-refractivity contribution is 9.10. The summed E-state index contributed by atoms with van der Waals surface area (Å²) < 4.78 is 5.91. The molecule has 1 N–H and O–H groups in total. The third-order valence-electron chi connectivity index (χ3n) is 2.27. The summed E-state index contributed by atoms with van der Waals surface area (Å²) in [6, 6.07) is 7.29. The first-order chi connectivity index (χ1) is 7.25. The average molecular weight is 270 g/mol. The van der Waals surface area contributed by atoms with Crippen LogP contribution in [0.3, 0.4) is 0 Å². The fraction of sp³-hybridized carbons (Fsp3) is 0.364. The highest BCUT2D eigenvalue weighted by Crippen LogP contribution is 2.28. The molecular formula is C11H12BrNO2. The SMILES string of the molecule is O=C(NCC1CC1)Oc1ccccc1Br. The normalized spacial score (nSPS) is 14.7. The van der Waals surface area contributed by atoms with Crippen LogP contribution in [0.15, 0.2) is 28.7 Å². The van der Waals surface area contributed by atoms with Crippen LogP contribution in [0, 0.1) is 5.92 Å². The Morgan fingerprint density at radius 1 is 1.47 bits per heavy atom. The lowest BCUT2D eigenvalue weighted by Gasteiger charge is -2.06. The van der Waals surface area contributed by atoms with Gasteiger partial charge in [0.25, 0.3) is 0 Å². The predicted molar refractivity (Wildman–Crippen MR) is 60.9 cm³/mol. The maximum atomic E-state index is 11.3. The van der Waals surface area contributed by atoms with E-state index < -0.39 is 0 Å². The summed E-state index contributed by atoms with van der Waals surface area (Å²) in [7, 11) is 0. The Morgan fingerprint density at radius 3 is 2.87 bits per heavy atom.